The molecule has 0 radical (unpaired) electrons. The third-order valence-corrected chi connectivity index (χ3v) is 5.16. The number of nitrogens with zero attached hydrogens (tertiary/aromatic N) is 2. The van der Waals surface area contributed by atoms with Crippen LogP contribution >= 0.6 is 11.6 Å². The number of aromatic nitrogens is 1. The van der Waals surface area contributed by atoms with Gasteiger partial charge in [0.05, 0.1) is 6.04 Å². The van der Waals surface area contributed by atoms with Gasteiger partial charge in [0, 0.05) is 42.4 Å². The second kappa shape index (κ2) is 7.52. The summed E-state index contributed by atoms with van der Waals surface area (Å²) in [4.78, 5) is 6.80. The topological polar surface area (TPSA) is 28.2 Å². The van der Waals surface area contributed by atoms with Gasteiger partial charge in [-0.25, -0.2) is 0 Å². The SMILES string of the molecule is Clc1ccc(C(c2ccc3cnccc3c2)N2CCCNCC2)cc1. The lowest BCUT2D eigenvalue weighted by molar-refractivity contribution is 0.241. The van der Waals surface area contributed by atoms with Crippen LogP contribution in [0, 0.1) is 0 Å². The van der Waals surface area contributed by atoms with Crippen molar-refractivity contribution < 1.29 is 0 Å². The van der Waals surface area contributed by atoms with Crippen molar-refractivity contribution >= 4 is 22.4 Å². The number of benzene rings is 2. The van der Waals surface area contributed by atoms with Crippen molar-refractivity contribution in [1.82, 2.24) is 15.2 Å². The van der Waals surface area contributed by atoms with E-state index in [9.17, 15) is 0 Å². The summed E-state index contributed by atoms with van der Waals surface area (Å²) in [5, 5.41) is 6.70. The fourth-order valence-electron chi connectivity index (χ4n) is 3.66. The molecule has 1 unspecified atom stereocenters. The molecule has 0 aliphatic carbocycles. The molecule has 1 N–H and O–H groups in total. The fourth-order valence-corrected chi connectivity index (χ4v) is 3.78. The van der Waals surface area contributed by atoms with Crippen LogP contribution in [0.15, 0.2) is 60.9 Å². The minimum atomic E-state index is 0.245. The van der Waals surface area contributed by atoms with Gasteiger partial charge in [-0.3, -0.25) is 9.88 Å². The molecule has 4 heteroatoms. The van der Waals surface area contributed by atoms with Gasteiger partial charge < -0.3 is 5.32 Å². The molecule has 128 valence electrons. The Morgan fingerprint density at radius 3 is 2.64 bits per heavy atom. The molecular formula is C21H22ClN3. The maximum atomic E-state index is 6.12. The number of pyridine rings is 1. The quantitative estimate of drug-likeness (QED) is 0.763. The van der Waals surface area contributed by atoms with E-state index in [0.717, 1.165) is 31.2 Å². The van der Waals surface area contributed by atoms with Gasteiger partial charge >= 0.3 is 0 Å². The summed E-state index contributed by atoms with van der Waals surface area (Å²) in [5.41, 5.74) is 2.61. The van der Waals surface area contributed by atoms with Crippen LogP contribution in [0.1, 0.15) is 23.6 Å². The van der Waals surface area contributed by atoms with Crippen molar-refractivity contribution in [3.63, 3.8) is 0 Å². The average Bonchev–Trinajstić information content (AvgIpc) is 2.93. The van der Waals surface area contributed by atoms with Gasteiger partial charge in [0.15, 0.2) is 0 Å². The number of fused-ring (bicyclic) bond motifs is 1. The van der Waals surface area contributed by atoms with E-state index in [0.29, 0.717) is 0 Å². The average molecular weight is 352 g/mol. The normalized spacial score (nSPS) is 17.3. The van der Waals surface area contributed by atoms with Crippen molar-refractivity contribution in [1.29, 1.82) is 0 Å². The predicted octanol–water partition coefficient (Wildman–Crippen LogP) is 4.27. The molecule has 0 saturated carbocycles. The van der Waals surface area contributed by atoms with E-state index >= 15 is 0 Å². The maximum Gasteiger partial charge on any atom is 0.0602 e. The lowest BCUT2D eigenvalue weighted by atomic mass is 9.95. The molecule has 1 aromatic heterocycles. The highest BCUT2D eigenvalue weighted by Gasteiger charge is 2.23. The Morgan fingerprint density at radius 2 is 1.76 bits per heavy atom. The van der Waals surface area contributed by atoms with Crippen LogP contribution < -0.4 is 5.32 Å². The molecule has 1 fully saturated rings. The monoisotopic (exact) mass is 351 g/mol. The van der Waals surface area contributed by atoms with Gasteiger partial charge in [-0.15, -0.1) is 0 Å². The van der Waals surface area contributed by atoms with Gasteiger partial charge in [0.1, 0.15) is 0 Å². The van der Waals surface area contributed by atoms with E-state index < -0.39 is 0 Å². The first-order valence-electron chi connectivity index (χ1n) is 8.85. The highest BCUT2D eigenvalue weighted by molar-refractivity contribution is 6.30. The van der Waals surface area contributed by atoms with Crippen LogP contribution in [0.2, 0.25) is 5.02 Å². The first-order chi connectivity index (χ1) is 12.3. The molecule has 1 atom stereocenters. The standard InChI is InChI=1S/C21H22ClN3/c22-20-6-4-16(5-7-20)21(25-12-1-9-23-11-13-25)18-2-3-19-15-24-10-8-17(19)14-18/h2-8,10,14-15,21,23H,1,9,11-13H2. The largest absolute Gasteiger partial charge is 0.315 e. The van der Waals surface area contributed by atoms with E-state index in [1.54, 1.807) is 0 Å². The van der Waals surface area contributed by atoms with Crippen LogP contribution in [0.3, 0.4) is 0 Å². The number of hydrogen-bond donors (Lipinski definition) is 1. The van der Waals surface area contributed by atoms with E-state index in [1.807, 2.05) is 24.5 Å². The maximum absolute atomic E-state index is 6.12. The zero-order valence-electron chi connectivity index (χ0n) is 14.2. The fraction of sp³-hybridized carbons (Fsp3) is 0.286. The van der Waals surface area contributed by atoms with E-state index in [4.69, 9.17) is 11.6 Å². The van der Waals surface area contributed by atoms with Gasteiger partial charge in [-0.1, -0.05) is 35.9 Å². The van der Waals surface area contributed by atoms with Crippen LogP contribution in [-0.4, -0.2) is 36.1 Å². The first kappa shape index (κ1) is 16.5. The summed E-state index contributed by atoms with van der Waals surface area (Å²) < 4.78 is 0. The summed E-state index contributed by atoms with van der Waals surface area (Å²) in [7, 11) is 0. The molecule has 1 saturated heterocycles. The number of rotatable bonds is 3. The van der Waals surface area contributed by atoms with Crippen molar-refractivity contribution in [3.05, 3.63) is 77.1 Å². The molecule has 2 heterocycles. The Bertz CT molecular complexity index is 839. The minimum Gasteiger partial charge on any atom is -0.315 e. The van der Waals surface area contributed by atoms with Crippen LogP contribution in [0.4, 0.5) is 0 Å². The Hall–Kier alpha value is -1.94. The highest BCUT2D eigenvalue weighted by Crippen LogP contribution is 2.31. The molecule has 3 nitrogen and oxygen atoms in total. The summed E-state index contributed by atoms with van der Waals surface area (Å²) in [5.74, 6) is 0. The Kier molecular flexibility index (Phi) is 4.97. The van der Waals surface area contributed by atoms with E-state index in [1.165, 1.54) is 28.3 Å². The van der Waals surface area contributed by atoms with Crippen molar-refractivity contribution in [2.45, 2.75) is 12.5 Å². The summed E-state index contributed by atoms with van der Waals surface area (Å²) in [6, 6.07) is 17.3. The van der Waals surface area contributed by atoms with Gasteiger partial charge in [0.25, 0.3) is 0 Å². The van der Waals surface area contributed by atoms with E-state index in [2.05, 4.69) is 51.6 Å². The van der Waals surface area contributed by atoms with Gasteiger partial charge in [0.2, 0.25) is 0 Å². The second-order valence-electron chi connectivity index (χ2n) is 6.58. The minimum absolute atomic E-state index is 0.245. The molecule has 2 aromatic carbocycles. The highest BCUT2D eigenvalue weighted by atomic mass is 35.5. The third kappa shape index (κ3) is 3.69. The van der Waals surface area contributed by atoms with Crippen LogP contribution in [0.25, 0.3) is 10.8 Å². The Morgan fingerprint density at radius 1 is 0.920 bits per heavy atom. The van der Waals surface area contributed by atoms with Crippen LogP contribution in [-0.2, 0) is 0 Å². The lowest BCUT2D eigenvalue weighted by Crippen LogP contribution is -2.33. The summed E-state index contributed by atoms with van der Waals surface area (Å²) >= 11 is 6.12. The third-order valence-electron chi connectivity index (χ3n) is 4.91. The van der Waals surface area contributed by atoms with E-state index in [-0.39, 0.29) is 6.04 Å². The lowest BCUT2D eigenvalue weighted by Gasteiger charge is -2.31. The predicted molar refractivity (Wildman–Crippen MR) is 104 cm³/mol. The molecule has 0 amide bonds. The molecule has 4 rings (SSSR count). The molecule has 1 aliphatic heterocycles. The van der Waals surface area contributed by atoms with Crippen LogP contribution in [0.5, 0.6) is 0 Å². The Labute approximate surface area is 153 Å². The second-order valence-corrected chi connectivity index (χ2v) is 7.01. The number of halogens is 1. The number of hydrogen-bond acceptors (Lipinski definition) is 3. The molecular weight excluding hydrogens is 330 g/mol. The molecule has 3 aromatic rings. The van der Waals surface area contributed by atoms with Gasteiger partial charge in [-0.05, 0) is 53.7 Å². The molecule has 0 bridgehead atoms. The summed E-state index contributed by atoms with van der Waals surface area (Å²) in [6.45, 7) is 4.26. The smallest absolute Gasteiger partial charge is 0.0602 e. The zero-order chi connectivity index (χ0) is 17.1. The van der Waals surface area contributed by atoms with Crippen molar-refractivity contribution in [2.24, 2.45) is 0 Å². The summed E-state index contributed by atoms with van der Waals surface area (Å²) in [6.07, 6.45) is 4.95. The Balaban J connectivity index is 1.78. The molecule has 0 spiro atoms. The first-order valence-corrected chi connectivity index (χ1v) is 9.23. The van der Waals surface area contributed by atoms with Gasteiger partial charge in [-0.2, -0.15) is 0 Å². The van der Waals surface area contributed by atoms with Crippen molar-refractivity contribution in [3.8, 4) is 0 Å². The molecule has 25 heavy (non-hydrogen) atoms. The molecule has 1 aliphatic rings. The van der Waals surface area contributed by atoms with Crippen molar-refractivity contribution in [2.75, 3.05) is 26.2 Å². The zero-order valence-corrected chi connectivity index (χ0v) is 14.9. The number of nitrogens with one attached hydrogen (secondary N) is 1.